The lowest BCUT2D eigenvalue weighted by Gasteiger charge is -2.16. The van der Waals surface area contributed by atoms with E-state index < -0.39 is 5.97 Å². The number of anilines is 1. The van der Waals surface area contributed by atoms with Gasteiger partial charge < -0.3 is 10.5 Å². The van der Waals surface area contributed by atoms with E-state index in [-0.39, 0.29) is 0 Å². The van der Waals surface area contributed by atoms with E-state index in [1.807, 2.05) is 6.92 Å². The standard InChI is InChI=1S/C16H15Br2NO4/c1-3-12-14(23-22-9(2)20)8-13(17)16(15(12)18)21-11-6-4-10(19)5-7-11/h4-8H,3,19H2,1-2H3. The quantitative estimate of drug-likeness (QED) is 0.399. The van der Waals surface area contributed by atoms with Crippen molar-refractivity contribution < 1.29 is 19.3 Å². The van der Waals surface area contributed by atoms with Crippen LogP contribution in [0.5, 0.6) is 17.2 Å². The van der Waals surface area contributed by atoms with Gasteiger partial charge in [-0.3, -0.25) is 9.78 Å². The molecule has 5 nitrogen and oxygen atoms in total. The van der Waals surface area contributed by atoms with E-state index in [2.05, 4.69) is 36.7 Å². The fourth-order valence-electron chi connectivity index (χ4n) is 1.87. The molecule has 2 N–H and O–H groups in total. The molecule has 0 bridgehead atoms. The van der Waals surface area contributed by atoms with Gasteiger partial charge in [-0.2, -0.15) is 0 Å². The van der Waals surface area contributed by atoms with E-state index in [9.17, 15) is 4.79 Å². The van der Waals surface area contributed by atoms with E-state index in [0.29, 0.717) is 38.3 Å². The molecule has 0 atom stereocenters. The van der Waals surface area contributed by atoms with Crippen LogP contribution in [0.2, 0.25) is 0 Å². The molecular weight excluding hydrogens is 430 g/mol. The number of carbonyl (C=O) groups is 1. The average Bonchev–Trinajstić information content (AvgIpc) is 2.51. The third-order valence-electron chi connectivity index (χ3n) is 2.94. The molecule has 0 spiro atoms. The summed E-state index contributed by atoms with van der Waals surface area (Å²) in [5, 5.41) is 0. The molecule has 0 aliphatic carbocycles. The summed E-state index contributed by atoms with van der Waals surface area (Å²) in [7, 11) is 0. The highest BCUT2D eigenvalue weighted by atomic mass is 79.9. The third-order valence-corrected chi connectivity index (χ3v) is 4.37. The van der Waals surface area contributed by atoms with Crippen LogP contribution in [0.3, 0.4) is 0 Å². The van der Waals surface area contributed by atoms with Gasteiger partial charge in [0.25, 0.3) is 0 Å². The molecule has 0 amide bonds. The van der Waals surface area contributed by atoms with Crippen LogP contribution >= 0.6 is 31.9 Å². The third kappa shape index (κ3) is 4.39. The van der Waals surface area contributed by atoms with Crippen LogP contribution < -0.4 is 15.4 Å². The zero-order valence-corrected chi connectivity index (χ0v) is 15.7. The highest BCUT2D eigenvalue weighted by molar-refractivity contribution is 9.11. The lowest BCUT2D eigenvalue weighted by molar-refractivity contribution is -0.211. The Kier molecular flexibility index (Phi) is 5.90. The molecule has 0 fully saturated rings. The average molecular weight is 445 g/mol. The first-order chi connectivity index (χ1) is 10.9. The van der Waals surface area contributed by atoms with Gasteiger partial charge in [-0.25, -0.2) is 4.79 Å². The Hall–Kier alpha value is -1.73. The highest BCUT2D eigenvalue weighted by Gasteiger charge is 2.18. The van der Waals surface area contributed by atoms with Crippen molar-refractivity contribution in [1.82, 2.24) is 0 Å². The van der Waals surface area contributed by atoms with Crippen LogP contribution in [-0.2, 0) is 16.1 Å². The Bertz CT molecular complexity index is 717. The summed E-state index contributed by atoms with van der Waals surface area (Å²) in [5.74, 6) is 1.16. The van der Waals surface area contributed by atoms with Crippen LogP contribution in [0.15, 0.2) is 39.3 Å². The van der Waals surface area contributed by atoms with Gasteiger partial charge in [0.15, 0.2) is 11.5 Å². The number of hydrogen-bond acceptors (Lipinski definition) is 5. The number of ether oxygens (including phenoxy) is 1. The highest BCUT2D eigenvalue weighted by Crippen LogP contribution is 2.43. The Balaban J connectivity index is 2.36. The van der Waals surface area contributed by atoms with Gasteiger partial charge >= 0.3 is 5.97 Å². The monoisotopic (exact) mass is 443 g/mol. The molecule has 0 heterocycles. The van der Waals surface area contributed by atoms with Gasteiger partial charge in [0.05, 0.1) is 8.95 Å². The molecule has 0 unspecified atom stereocenters. The predicted molar refractivity (Wildman–Crippen MR) is 94.5 cm³/mol. The first kappa shape index (κ1) is 17.6. The molecule has 0 aliphatic heterocycles. The number of carbonyl (C=O) groups excluding carboxylic acids is 1. The van der Waals surface area contributed by atoms with Gasteiger partial charge in [0.1, 0.15) is 5.75 Å². The number of nitrogen functional groups attached to an aromatic ring is 1. The Morgan fingerprint density at radius 3 is 2.43 bits per heavy atom. The summed E-state index contributed by atoms with van der Waals surface area (Å²) in [6, 6.07) is 8.78. The summed E-state index contributed by atoms with van der Waals surface area (Å²) in [5.41, 5.74) is 7.15. The molecule has 2 rings (SSSR count). The summed E-state index contributed by atoms with van der Waals surface area (Å²) in [6.07, 6.45) is 0.655. The summed E-state index contributed by atoms with van der Waals surface area (Å²) in [4.78, 5) is 20.6. The van der Waals surface area contributed by atoms with Gasteiger partial charge in [-0.05, 0) is 62.5 Å². The second kappa shape index (κ2) is 7.70. The maximum absolute atomic E-state index is 10.9. The first-order valence-corrected chi connectivity index (χ1v) is 8.40. The van der Waals surface area contributed by atoms with Gasteiger partial charge in [-0.15, -0.1) is 0 Å². The topological polar surface area (TPSA) is 70.8 Å². The van der Waals surface area contributed by atoms with Crippen molar-refractivity contribution in [2.75, 3.05) is 5.73 Å². The van der Waals surface area contributed by atoms with E-state index in [1.165, 1.54) is 6.92 Å². The van der Waals surface area contributed by atoms with Crippen molar-refractivity contribution >= 4 is 43.5 Å². The van der Waals surface area contributed by atoms with Crippen molar-refractivity contribution in [3.8, 4) is 17.2 Å². The van der Waals surface area contributed by atoms with Crippen LogP contribution in [0.4, 0.5) is 5.69 Å². The largest absolute Gasteiger partial charge is 0.455 e. The summed E-state index contributed by atoms with van der Waals surface area (Å²) < 4.78 is 7.27. The van der Waals surface area contributed by atoms with Gasteiger partial charge in [-0.1, -0.05) is 6.92 Å². The molecule has 7 heteroatoms. The molecule has 0 aromatic heterocycles. The zero-order chi connectivity index (χ0) is 17.0. The number of halogens is 2. The second-order valence-corrected chi connectivity index (χ2v) is 6.31. The molecule has 23 heavy (non-hydrogen) atoms. The maximum atomic E-state index is 10.9. The number of benzene rings is 2. The Morgan fingerprint density at radius 2 is 1.87 bits per heavy atom. The van der Waals surface area contributed by atoms with E-state index >= 15 is 0 Å². The molecule has 0 saturated heterocycles. The minimum absolute atomic E-state index is 0.436. The number of hydrogen-bond donors (Lipinski definition) is 1. The van der Waals surface area contributed by atoms with E-state index in [4.69, 9.17) is 15.4 Å². The smallest absolute Gasteiger partial charge is 0.352 e. The van der Waals surface area contributed by atoms with Crippen molar-refractivity contribution in [3.63, 3.8) is 0 Å². The van der Waals surface area contributed by atoms with E-state index in [1.54, 1.807) is 30.3 Å². The molecule has 0 aliphatic rings. The minimum Gasteiger partial charge on any atom is -0.455 e. The van der Waals surface area contributed by atoms with Gasteiger partial charge in [0.2, 0.25) is 0 Å². The summed E-state index contributed by atoms with van der Waals surface area (Å²) >= 11 is 6.96. The molecule has 0 saturated carbocycles. The molecule has 2 aromatic rings. The van der Waals surface area contributed by atoms with Crippen molar-refractivity contribution in [2.45, 2.75) is 20.3 Å². The Morgan fingerprint density at radius 1 is 1.22 bits per heavy atom. The fourth-order valence-corrected chi connectivity index (χ4v) is 3.40. The fraction of sp³-hybridized carbons (Fsp3) is 0.188. The number of rotatable bonds is 5. The number of nitrogens with two attached hydrogens (primary N) is 1. The van der Waals surface area contributed by atoms with Crippen LogP contribution in [0.1, 0.15) is 19.4 Å². The lowest BCUT2D eigenvalue weighted by atomic mass is 10.1. The summed E-state index contributed by atoms with van der Waals surface area (Å²) in [6.45, 7) is 3.23. The van der Waals surface area contributed by atoms with Crippen LogP contribution in [0.25, 0.3) is 0 Å². The normalized spacial score (nSPS) is 10.3. The Labute approximate surface area is 150 Å². The molecule has 2 aromatic carbocycles. The first-order valence-electron chi connectivity index (χ1n) is 6.81. The van der Waals surface area contributed by atoms with Crippen LogP contribution in [-0.4, -0.2) is 5.97 Å². The van der Waals surface area contributed by atoms with Crippen molar-refractivity contribution in [3.05, 3.63) is 44.8 Å². The zero-order valence-electron chi connectivity index (χ0n) is 12.6. The van der Waals surface area contributed by atoms with Gasteiger partial charge in [0, 0.05) is 24.2 Å². The van der Waals surface area contributed by atoms with Crippen molar-refractivity contribution in [2.24, 2.45) is 0 Å². The second-order valence-electron chi connectivity index (χ2n) is 4.66. The lowest BCUT2D eigenvalue weighted by Crippen LogP contribution is -2.05. The van der Waals surface area contributed by atoms with E-state index in [0.717, 1.165) is 5.56 Å². The van der Waals surface area contributed by atoms with Crippen LogP contribution in [0, 0.1) is 0 Å². The minimum atomic E-state index is -0.526. The molecule has 0 radical (unpaired) electrons. The molecule has 122 valence electrons. The predicted octanol–water partition coefficient (Wildman–Crippen LogP) is 5.01. The maximum Gasteiger partial charge on any atom is 0.352 e. The SMILES string of the molecule is CCc1c(OOC(C)=O)cc(Br)c(Oc2ccc(N)cc2)c1Br. The molecular formula is C16H15Br2NO4. The van der Waals surface area contributed by atoms with Crippen molar-refractivity contribution in [1.29, 1.82) is 0 Å².